The first kappa shape index (κ1) is 21.4. The Morgan fingerprint density at radius 2 is 1.46 bits per heavy atom. The molecule has 6 nitrogen and oxygen atoms in total. The summed E-state index contributed by atoms with van der Waals surface area (Å²) in [6.07, 6.45) is 10.5. The maximum Gasteiger partial charge on any atom is 0.196 e. The highest BCUT2D eigenvalue weighted by atomic mass is 16.5. The molecule has 3 aromatic rings. The predicted octanol–water partition coefficient (Wildman–Crippen LogP) is 5.48. The van der Waals surface area contributed by atoms with Gasteiger partial charge in [-0.25, -0.2) is 0 Å². The van der Waals surface area contributed by atoms with Gasteiger partial charge in [-0.15, -0.1) is 0 Å². The number of fused-ring (bicyclic) bond motifs is 2. The van der Waals surface area contributed by atoms with Crippen LogP contribution in [0, 0.1) is 0 Å². The fourth-order valence-electron chi connectivity index (χ4n) is 6.92. The summed E-state index contributed by atoms with van der Waals surface area (Å²) in [6.45, 7) is 6.19. The van der Waals surface area contributed by atoms with E-state index in [2.05, 4.69) is 25.9 Å². The number of piperazine rings is 1. The molecule has 182 valence electrons. The summed E-state index contributed by atoms with van der Waals surface area (Å²) in [5, 5.41) is 5.51. The van der Waals surface area contributed by atoms with E-state index in [1.54, 1.807) is 0 Å². The number of hydrogen-bond acceptors (Lipinski definition) is 6. The minimum absolute atomic E-state index is 0.107. The van der Waals surface area contributed by atoms with Crippen molar-refractivity contribution in [2.75, 3.05) is 49.1 Å². The molecule has 0 bridgehead atoms. The van der Waals surface area contributed by atoms with Crippen LogP contribution in [0.2, 0.25) is 0 Å². The van der Waals surface area contributed by atoms with E-state index < -0.39 is 0 Å². The van der Waals surface area contributed by atoms with Crippen LogP contribution < -0.4 is 9.80 Å². The standard InChI is InChI=1S/C29H34N4O2/c34-28-21-11-5-6-12-22(21)29-26-25(28)23(32-13-7-2-8-14-32)19-24(27(26)30-35-29)33-17-15-31(16-18-33)20-9-3-1-4-10-20/h5-6,11-12,19-20H,1-4,7-10,13-18H2. The van der Waals surface area contributed by atoms with Gasteiger partial charge in [0.2, 0.25) is 0 Å². The van der Waals surface area contributed by atoms with Gasteiger partial charge in [-0.1, -0.05) is 48.7 Å². The zero-order chi connectivity index (χ0) is 23.4. The molecule has 1 aromatic heterocycles. The van der Waals surface area contributed by atoms with Gasteiger partial charge in [0.15, 0.2) is 11.5 Å². The number of benzene rings is 2. The molecule has 0 spiro atoms. The lowest BCUT2D eigenvalue weighted by atomic mass is 9.85. The van der Waals surface area contributed by atoms with Gasteiger partial charge in [-0.05, 0) is 38.2 Å². The van der Waals surface area contributed by atoms with Crippen LogP contribution in [0.3, 0.4) is 0 Å². The van der Waals surface area contributed by atoms with Crippen LogP contribution >= 0.6 is 0 Å². The van der Waals surface area contributed by atoms with Gasteiger partial charge in [0.25, 0.3) is 0 Å². The number of hydrogen-bond donors (Lipinski definition) is 0. The molecule has 2 saturated heterocycles. The molecule has 1 saturated carbocycles. The zero-order valence-electron chi connectivity index (χ0n) is 20.5. The lowest BCUT2D eigenvalue weighted by molar-refractivity contribution is 0.104. The van der Waals surface area contributed by atoms with Gasteiger partial charge in [-0.2, -0.15) is 0 Å². The first-order chi connectivity index (χ1) is 17.3. The lowest BCUT2D eigenvalue weighted by Crippen LogP contribution is -2.51. The highest BCUT2D eigenvalue weighted by Gasteiger charge is 2.36. The molecule has 7 rings (SSSR count). The van der Waals surface area contributed by atoms with Crippen molar-refractivity contribution in [2.45, 2.75) is 57.4 Å². The Morgan fingerprint density at radius 3 is 2.23 bits per heavy atom. The number of carbonyl (C=O) groups is 1. The number of anilines is 2. The molecule has 0 unspecified atom stereocenters. The third-order valence-corrected chi connectivity index (χ3v) is 8.80. The topological polar surface area (TPSA) is 52.8 Å². The number of piperidine rings is 1. The van der Waals surface area contributed by atoms with Crippen LogP contribution in [0.5, 0.6) is 0 Å². The smallest absolute Gasteiger partial charge is 0.196 e. The molecule has 35 heavy (non-hydrogen) atoms. The van der Waals surface area contributed by atoms with Crippen molar-refractivity contribution in [1.82, 2.24) is 10.1 Å². The molecule has 0 N–H and O–H groups in total. The summed E-state index contributed by atoms with van der Waals surface area (Å²) in [5.41, 5.74) is 5.45. The Hall–Kier alpha value is -2.86. The highest BCUT2D eigenvalue weighted by Crippen LogP contribution is 2.47. The second-order valence-corrected chi connectivity index (χ2v) is 10.8. The third-order valence-electron chi connectivity index (χ3n) is 8.80. The van der Waals surface area contributed by atoms with E-state index in [1.807, 2.05) is 24.3 Å². The number of rotatable bonds is 3. The fraction of sp³-hybridized carbons (Fsp3) is 0.517. The van der Waals surface area contributed by atoms with E-state index in [0.717, 1.165) is 90.0 Å². The second-order valence-electron chi connectivity index (χ2n) is 10.8. The molecule has 3 heterocycles. The fourth-order valence-corrected chi connectivity index (χ4v) is 6.92. The van der Waals surface area contributed by atoms with Gasteiger partial charge in [0.05, 0.1) is 22.3 Å². The molecule has 2 aromatic carbocycles. The maximum absolute atomic E-state index is 13.8. The predicted molar refractivity (Wildman–Crippen MR) is 140 cm³/mol. The molecule has 0 amide bonds. The van der Waals surface area contributed by atoms with Crippen molar-refractivity contribution < 1.29 is 9.32 Å². The average molecular weight is 471 g/mol. The Morgan fingerprint density at radius 1 is 0.771 bits per heavy atom. The Bertz CT molecular complexity index is 1260. The first-order valence-electron chi connectivity index (χ1n) is 13.6. The molecule has 4 aliphatic rings. The van der Waals surface area contributed by atoms with Crippen molar-refractivity contribution in [3.8, 4) is 11.3 Å². The number of nitrogens with zero attached hydrogens (tertiary/aromatic N) is 4. The Kier molecular flexibility index (Phi) is 5.30. The van der Waals surface area contributed by atoms with E-state index in [4.69, 9.17) is 4.52 Å². The number of aromatic nitrogens is 1. The molecule has 2 aliphatic heterocycles. The van der Waals surface area contributed by atoms with E-state index in [-0.39, 0.29) is 5.78 Å². The molecule has 0 radical (unpaired) electrons. The van der Waals surface area contributed by atoms with Crippen LogP contribution in [-0.4, -0.2) is 61.2 Å². The van der Waals surface area contributed by atoms with Gasteiger partial charge in [0.1, 0.15) is 5.52 Å². The SMILES string of the molecule is O=C1c2ccccc2-c2onc3c(N4CCN(C5CCCCC5)CC4)cc(N4CCCCC4)c1c23. The van der Waals surface area contributed by atoms with E-state index in [0.29, 0.717) is 0 Å². The quantitative estimate of drug-likeness (QED) is 0.395. The normalized spacial score (nSPS) is 21.5. The molecule has 2 aliphatic carbocycles. The summed E-state index contributed by atoms with van der Waals surface area (Å²) < 4.78 is 6.00. The Balaban J connectivity index is 1.31. The van der Waals surface area contributed by atoms with Crippen LogP contribution in [0.25, 0.3) is 22.2 Å². The monoisotopic (exact) mass is 470 g/mol. The van der Waals surface area contributed by atoms with Crippen molar-refractivity contribution in [3.63, 3.8) is 0 Å². The van der Waals surface area contributed by atoms with E-state index in [1.165, 1.54) is 51.4 Å². The summed E-state index contributed by atoms with van der Waals surface area (Å²) in [5.74, 6) is 0.863. The average Bonchev–Trinajstić information content (AvgIpc) is 3.38. The maximum atomic E-state index is 13.8. The summed E-state index contributed by atoms with van der Waals surface area (Å²) in [6, 6.07) is 10.9. The van der Waals surface area contributed by atoms with Gasteiger partial charge >= 0.3 is 0 Å². The molecule has 3 fully saturated rings. The number of ketones is 1. The van der Waals surface area contributed by atoms with E-state index in [9.17, 15) is 4.79 Å². The highest BCUT2D eigenvalue weighted by molar-refractivity contribution is 6.28. The lowest BCUT2D eigenvalue weighted by Gasteiger charge is -2.42. The first-order valence-corrected chi connectivity index (χ1v) is 13.6. The van der Waals surface area contributed by atoms with Gasteiger partial charge < -0.3 is 14.3 Å². The minimum atomic E-state index is 0.107. The summed E-state index contributed by atoms with van der Waals surface area (Å²) >= 11 is 0. The summed E-state index contributed by atoms with van der Waals surface area (Å²) in [7, 11) is 0. The van der Waals surface area contributed by atoms with Crippen LogP contribution in [-0.2, 0) is 0 Å². The van der Waals surface area contributed by atoms with Crippen LogP contribution in [0.4, 0.5) is 11.4 Å². The van der Waals surface area contributed by atoms with Crippen molar-refractivity contribution in [2.24, 2.45) is 0 Å². The molecular weight excluding hydrogens is 436 g/mol. The largest absolute Gasteiger partial charge is 0.371 e. The molecule has 0 atom stereocenters. The van der Waals surface area contributed by atoms with Crippen LogP contribution in [0.15, 0.2) is 34.9 Å². The third kappa shape index (κ3) is 3.48. The van der Waals surface area contributed by atoms with Crippen molar-refractivity contribution in [3.05, 3.63) is 41.5 Å². The van der Waals surface area contributed by atoms with Crippen molar-refractivity contribution >= 4 is 28.1 Å². The van der Waals surface area contributed by atoms with Gasteiger partial charge in [-0.3, -0.25) is 9.69 Å². The van der Waals surface area contributed by atoms with Crippen molar-refractivity contribution in [1.29, 1.82) is 0 Å². The summed E-state index contributed by atoms with van der Waals surface area (Å²) in [4.78, 5) is 21.5. The molecule has 6 heteroatoms. The zero-order valence-corrected chi connectivity index (χ0v) is 20.5. The van der Waals surface area contributed by atoms with E-state index >= 15 is 0 Å². The second kappa shape index (κ2) is 8.66. The van der Waals surface area contributed by atoms with Gasteiger partial charge in [0, 0.05) is 56.4 Å². The van der Waals surface area contributed by atoms with Crippen LogP contribution in [0.1, 0.15) is 67.3 Å². The number of carbonyl (C=O) groups excluding carboxylic acids is 1. The minimum Gasteiger partial charge on any atom is -0.371 e. The Labute approximate surface area is 206 Å². The molecular formula is C29H34N4O2.